The highest BCUT2D eigenvalue weighted by atomic mass is 16.3. The number of carbonyl (C=O) groups excluding carboxylic acids is 1. The van der Waals surface area contributed by atoms with Gasteiger partial charge in [0, 0.05) is 49.6 Å². The summed E-state index contributed by atoms with van der Waals surface area (Å²) in [6, 6.07) is 16.4. The zero-order chi connectivity index (χ0) is 18.2. The highest BCUT2D eigenvalue weighted by Gasteiger charge is 2.49. The summed E-state index contributed by atoms with van der Waals surface area (Å²) in [4.78, 5) is 21.7. The standard InChI is InChI=1S/C22H21N3O2/c26-22(17-8-11-27-15-17)25-13-18-12-24(19-6-9-23-10-7-19)14-20(18)21(25)16-4-2-1-3-5-16/h1-11,15,18,20-21H,12-14H2/t18-,20-,21-/m0/s1. The van der Waals surface area contributed by atoms with E-state index in [0.717, 1.165) is 19.6 Å². The predicted molar refractivity (Wildman–Crippen MR) is 102 cm³/mol. The third-order valence-electron chi connectivity index (χ3n) is 5.86. The van der Waals surface area contributed by atoms with Crippen molar-refractivity contribution in [2.45, 2.75) is 6.04 Å². The number of hydrogen-bond donors (Lipinski definition) is 0. The number of anilines is 1. The van der Waals surface area contributed by atoms with Crippen LogP contribution in [0.25, 0.3) is 0 Å². The zero-order valence-corrected chi connectivity index (χ0v) is 14.9. The molecule has 1 aromatic carbocycles. The lowest BCUT2D eigenvalue weighted by molar-refractivity contribution is 0.0715. The maximum atomic E-state index is 13.1. The Labute approximate surface area is 158 Å². The minimum atomic E-state index is 0.0578. The number of nitrogens with zero attached hydrogens (tertiary/aromatic N) is 3. The van der Waals surface area contributed by atoms with Crippen molar-refractivity contribution in [1.29, 1.82) is 0 Å². The Morgan fingerprint density at radius 2 is 1.81 bits per heavy atom. The van der Waals surface area contributed by atoms with Gasteiger partial charge in [-0.2, -0.15) is 0 Å². The molecule has 3 aromatic rings. The monoisotopic (exact) mass is 359 g/mol. The van der Waals surface area contributed by atoms with Crippen LogP contribution in [0.3, 0.4) is 0 Å². The van der Waals surface area contributed by atoms with Gasteiger partial charge in [0.25, 0.3) is 5.91 Å². The van der Waals surface area contributed by atoms with E-state index in [4.69, 9.17) is 4.42 Å². The van der Waals surface area contributed by atoms with Gasteiger partial charge in [0.2, 0.25) is 0 Å². The fourth-order valence-electron chi connectivity index (χ4n) is 4.65. The van der Waals surface area contributed by atoms with Crippen LogP contribution in [0, 0.1) is 11.8 Å². The quantitative estimate of drug-likeness (QED) is 0.717. The molecule has 27 heavy (non-hydrogen) atoms. The van der Waals surface area contributed by atoms with Gasteiger partial charge in [-0.1, -0.05) is 30.3 Å². The fourth-order valence-corrected chi connectivity index (χ4v) is 4.65. The number of aromatic nitrogens is 1. The Bertz CT molecular complexity index is 911. The summed E-state index contributed by atoms with van der Waals surface area (Å²) in [7, 11) is 0. The van der Waals surface area contributed by atoms with Gasteiger partial charge in [0.15, 0.2) is 0 Å². The van der Waals surface area contributed by atoms with Gasteiger partial charge in [-0.15, -0.1) is 0 Å². The number of pyridine rings is 1. The molecule has 0 radical (unpaired) electrons. The Kier molecular flexibility index (Phi) is 3.93. The normalized spacial score (nSPS) is 24.2. The van der Waals surface area contributed by atoms with E-state index in [2.05, 4.69) is 46.3 Å². The highest BCUT2D eigenvalue weighted by Crippen LogP contribution is 2.46. The topological polar surface area (TPSA) is 49.6 Å². The van der Waals surface area contributed by atoms with E-state index in [1.165, 1.54) is 11.3 Å². The van der Waals surface area contributed by atoms with Crippen LogP contribution < -0.4 is 4.90 Å². The average Bonchev–Trinajstić information content (AvgIpc) is 3.44. The van der Waals surface area contributed by atoms with Crippen molar-refractivity contribution in [1.82, 2.24) is 9.88 Å². The molecule has 0 unspecified atom stereocenters. The average molecular weight is 359 g/mol. The predicted octanol–water partition coefficient (Wildman–Crippen LogP) is 3.62. The van der Waals surface area contributed by atoms with Crippen LogP contribution in [0.5, 0.6) is 0 Å². The van der Waals surface area contributed by atoms with Gasteiger partial charge >= 0.3 is 0 Å². The largest absolute Gasteiger partial charge is 0.472 e. The summed E-state index contributed by atoms with van der Waals surface area (Å²) < 4.78 is 5.14. The van der Waals surface area contributed by atoms with Crippen molar-refractivity contribution in [3.8, 4) is 0 Å². The first kappa shape index (κ1) is 16.1. The first-order valence-corrected chi connectivity index (χ1v) is 9.34. The van der Waals surface area contributed by atoms with Gasteiger partial charge in [0.1, 0.15) is 6.26 Å². The summed E-state index contributed by atoms with van der Waals surface area (Å²) in [5, 5.41) is 0. The summed E-state index contributed by atoms with van der Waals surface area (Å²) in [6.07, 6.45) is 6.79. The van der Waals surface area contributed by atoms with E-state index in [1.807, 2.05) is 23.4 Å². The highest BCUT2D eigenvalue weighted by molar-refractivity contribution is 5.94. The molecular formula is C22H21N3O2. The van der Waals surface area contributed by atoms with Crippen molar-refractivity contribution in [2.24, 2.45) is 11.8 Å². The molecule has 2 aliphatic heterocycles. The first-order chi connectivity index (χ1) is 13.3. The maximum absolute atomic E-state index is 13.1. The number of carbonyl (C=O) groups is 1. The molecular weight excluding hydrogens is 338 g/mol. The molecule has 2 aromatic heterocycles. The van der Waals surface area contributed by atoms with Gasteiger partial charge in [0.05, 0.1) is 17.9 Å². The second kappa shape index (κ2) is 6.58. The van der Waals surface area contributed by atoms with E-state index in [1.54, 1.807) is 18.6 Å². The smallest absolute Gasteiger partial charge is 0.257 e. The van der Waals surface area contributed by atoms with E-state index in [9.17, 15) is 4.79 Å². The second-order valence-electron chi connectivity index (χ2n) is 7.36. The van der Waals surface area contributed by atoms with Crippen LogP contribution >= 0.6 is 0 Å². The van der Waals surface area contributed by atoms with Gasteiger partial charge in [-0.25, -0.2) is 0 Å². The Morgan fingerprint density at radius 1 is 1.00 bits per heavy atom. The van der Waals surface area contributed by atoms with Crippen LogP contribution in [0.4, 0.5) is 5.69 Å². The lowest BCUT2D eigenvalue weighted by atomic mass is 9.89. The number of furan rings is 1. The third-order valence-corrected chi connectivity index (χ3v) is 5.86. The Balaban J connectivity index is 1.47. The molecule has 0 aliphatic carbocycles. The fraction of sp³-hybridized carbons (Fsp3) is 0.273. The molecule has 1 amide bonds. The molecule has 0 saturated carbocycles. The molecule has 0 spiro atoms. The summed E-state index contributed by atoms with van der Waals surface area (Å²) in [6.45, 7) is 2.69. The number of amides is 1. The molecule has 2 fully saturated rings. The lowest BCUT2D eigenvalue weighted by Gasteiger charge is -2.30. The van der Waals surface area contributed by atoms with E-state index in [-0.39, 0.29) is 11.9 Å². The molecule has 5 heteroatoms. The van der Waals surface area contributed by atoms with Crippen LogP contribution in [-0.4, -0.2) is 35.4 Å². The van der Waals surface area contributed by atoms with Crippen molar-refractivity contribution in [2.75, 3.05) is 24.5 Å². The van der Waals surface area contributed by atoms with Crippen molar-refractivity contribution < 1.29 is 9.21 Å². The molecule has 0 bridgehead atoms. The van der Waals surface area contributed by atoms with Crippen molar-refractivity contribution in [3.63, 3.8) is 0 Å². The number of likely N-dealkylation sites (tertiary alicyclic amines) is 1. The molecule has 4 heterocycles. The molecule has 3 atom stereocenters. The molecule has 136 valence electrons. The molecule has 5 nitrogen and oxygen atoms in total. The van der Waals surface area contributed by atoms with Crippen LogP contribution in [-0.2, 0) is 0 Å². The zero-order valence-electron chi connectivity index (χ0n) is 14.9. The minimum Gasteiger partial charge on any atom is -0.472 e. The molecule has 0 N–H and O–H groups in total. The maximum Gasteiger partial charge on any atom is 0.257 e. The van der Waals surface area contributed by atoms with Crippen LogP contribution in [0.2, 0.25) is 0 Å². The summed E-state index contributed by atoms with van der Waals surface area (Å²) in [5.41, 5.74) is 3.04. The SMILES string of the molecule is O=C(c1ccoc1)N1C[C@@H]2CN(c3ccncc3)C[C@@H]2[C@@H]1c1ccccc1. The summed E-state index contributed by atoms with van der Waals surface area (Å²) >= 11 is 0. The molecule has 2 saturated heterocycles. The Hall–Kier alpha value is -3.08. The lowest BCUT2D eigenvalue weighted by Crippen LogP contribution is -2.35. The molecule has 5 rings (SSSR count). The number of rotatable bonds is 3. The van der Waals surface area contributed by atoms with Gasteiger partial charge in [-0.05, 0) is 23.8 Å². The van der Waals surface area contributed by atoms with Gasteiger partial charge in [-0.3, -0.25) is 9.78 Å². The van der Waals surface area contributed by atoms with E-state index < -0.39 is 0 Å². The molecule has 2 aliphatic rings. The van der Waals surface area contributed by atoms with Gasteiger partial charge < -0.3 is 14.2 Å². The van der Waals surface area contributed by atoms with Crippen LogP contribution in [0.1, 0.15) is 22.0 Å². The third kappa shape index (κ3) is 2.79. The van der Waals surface area contributed by atoms with E-state index >= 15 is 0 Å². The second-order valence-corrected chi connectivity index (χ2v) is 7.36. The number of benzene rings is 1. The summed E-state index contributed by atoms with van der Waals surface area (Å²) in [5.74, 6) is 0.929. The first-order valence-electron chi connectivity index (χ1n) is 9.34. The number of fused-ring (bicyclic) bond motifs is 1. The van der Waals surface area contributed by atoms with Crippen molar-refractivity contribution >= 4 is 11.6 Å². The Morgan fingerprint density at radius 3 is 2.56 bits per heavy atom. The number of hydrogen-bond acceptors (Lipinski definition) is 4. The van der Waals surface area contributed by atoms with Crippen molar-refractivity contribution in [3.05, 3.63) is 84.6 Å². The van der Waals surface area contributed by atoms with Crippen LogP contribution in [0.15, 0.2) is 77.9 Å². The minimum absolute atomic E-state index is 0.0578. The van der Waals surface area contributed by atoms with E-state index in [0.29, 0.717) is 17.4 Å².